The maximum atomic E-state index is 13.7. The zero-order chi connectivity index (χ0) is 22.5. The number of ether oxygens (including phenoxy) is 2. The zero-order valence-electron chi connectivity index (χ0n) is 16.2. The lowest BCUT2D eigenvalue weighted by Gasteiger charge is -2.16. The number of hydrogen-bond acceptors (Lipinski definition) is 4. The molecule has 0 aliphatic carbocycles. The fourth-order valence-electron chi connectivity index (χ4n) is 2.85. The molecule has 1 N–H and O–H groups in total. The van der Waals surface area contributed by atoms with E-state index in [0.29, 0.717) is 11.3 Å². The van der Waals surface area contributed by atoms with Crippen molar-refractivity contribution in [2.45, 2.75) is 12.5 Å². The van der Waals surface area contributed by atoms with Gasteiger partial charge in [-0.2, -0.15) is 0 Å². The Kier molecular flexibility index (Phi) is 7.35. The standard InChI is InChI=1S/C21H18Cl2F2N2O4/c1-12(6-7-26-20(28)11-30-14-3-5-16(23)18(25)9-14)27-10-19(31-21(27)29)13-2-4-15(22)17(24)8-13/h2-5,8-9,19H,1,6-7,10-11H2,(H,26,28)/t19-/m1/s1. The van der Waals surface area contributed by atoms with Crippen molar-refractivity contribution >= 4 is 35.2 Å². The van der Waals surface area contributed by atoms with Crippen LogP contribution >= 0.6 is 23.2 Å². The molecule has 2 aromatic rings. The van der Waals surface area contributed by atoms with Crippen LogP contribution in [0.25, 0.3) is 0 Å². The zero-order valence-corrected chi connectivity index (χ0v) is 17.7. The Labute approximate surface area is 187 Å². The Morgan fingerprint density at radius 2 is 1.87 bits per heavy atom. The van der Waals surface area contributed by atoms with Crippen LogP contribution in [0.2, 0.25) is 10.0 Å². The summed E-state index contributed by atoms with van der Waals surface area (Å²) < 4.78 is 37.5. The molecule has 0 radical (unpaired) electrons. The monoisotopic (exact) mass is 470 g/mol. The minimum atomic E-state index is -0.654. The topological polar surface area (TPSA) is 67.9 Å². The first-order chi connectivity index (χ1) is 14.7. The molecule has 1 atom stereocenters. The first kappa shape index (κ1) is 22.8. The van der Waals surface area contributed by atoms with Crippen molar-refractivity contribution in [1.29, 1.82) is 0 Å². The minimum absolute atomic E-state index is 0.0183. The molecule has 2 aromatic carbocycles. The molecular formula is C21H18Cl2F2N2O4. The highest BCUT2D eigenvalue weighted by atomic mass is 35.5. The van der Waals surface area contributed by atoms with Crippen molar-refractivity contribution < 1.29 is 27.8 Å². The van der Waals surface area contributed by atoms with Crippen molar-refractivity contribution in [2.75, 3.05) is 19.7 Å². The van der Waals surface area contributed by atoms with Gasteiger partial charge in [0.1, 0.15) is 23.5 Å². The number of nitrogens with one attached hydrogen (secondary N) is 1. The number of hydrogen-bond donors (Lipinski definition) is 1. The number of carbonyl (C=O) groups excluding carboxylic acids is 2. The van der Waals surface area contributed by atoms with E-state index in [4.69, 9.17) is 32.7 Å². The molecule has 0 unspecified atom stereocenters. The highest BCUT2D eigenvalue weighted by Crippen LogP contribution is 2.30. The highest BCUT2D eigenvalue weighted by molar-refractivity contribution is 6.31. The molecule has 1 fully saturated rings. The molecule has 6 nitrogen and oxygen atoms in total. The van der Waals surface area contributed by atoms with Crippen molar-refractivity contribution in [3.63, 3.8) is 0 Å². The van der Waals surface area contributed by atoms with Gasteiger partial charge in [0.15, 0.2) is 6.61 Å². The summed E-state index contributed by atoms with van der Waals surface area (Å²) >= 11 is 11.3. The van der Waals surface area contributed by atoms with Gasteiger partial charge in [-0.15, -0.1) is 0 Å². The largest absolute Gasteiger partial charge is 0.484 e. The summed E-state index contributed by atoms with van der Waals surface area (Å²) in [4.78, 5) is 25.4. The van der Waals surface area contributed by atoms with Crippen LogP contribution in [-0.2, 0) is 9.53 Å². The van der Waals surface area contributed by atoms with Gasteiger partial charge < -0.3 is 14.8 Å². The molecule has 2 amide bonds. The second-order valence-electron chi connectivity index (χ2n) is 6.69. The Balaban J connectivity index is 1.43. The Morgan fingerprint density at radius 3 is 2.55 bits per heavy atom. The van der Waals surface area contributed by atoms with E-state index in [0.717, 1.165) is 6.07 Å². The third-order valence-electron chi connectivity index (χ3n) is 4.51. The van der Waals surface area contributed by atoms with Gasteiger partial charge in [-0.05, 0) is 29.8 Å². The van der Waals surface area contributed by atoms with E-state index in [1.54, 1.807) is 6.07 Å². The third kappa shape index (κ3) is 5.86. The van der Waals surface area contributed by atoms with Gasteiger partial charge in [-0.3, -0.25) is 9.69 Å². The van der Waals surface area contributed by atoms with Crippen LogP contribution in [0.3, 0.4) is 0 Å². The predicted octanol–water partition coefficient (Wildman–Crippen LogP) is 4.86. The molecule has 1 saturated heterocycles. The number of halogens is 4. The van der Waals surface area contributed by atoms with E-state index in [1.807, 2.05) is 0 Å². The SMILES string of the molecule is C=C(CCNC(=O)COc1ccc(Cl)c(F)c1)N1C[C@H](c2ccc(Cl)c(F)c2)OC1=O. The number of amides is 2. The summed E-state index contributed by atoms with van der Waals surface area (Å²) in [6.45, 7) is 3.89. The highest BCUT2D eigenvalue weighted by Gasteiger charge is 2.34. The summed E-state index contributed by atoms with van der Waals surface area (Å²) in [5, 5.41) is 2.56. The van der Waals surface area contributed by atoms with Crippen molar-refractivity contribution in [2.24, 2.45) is 0 Å². The van der Waals surface area contributed by atoms with Crippen LogP contribution in [0, 0.1) is 11.6 Å². The molecule has 164 valence electrons. The summed E-state index contributed by atoms with van der Waals surface area (Å²) in [7, 11) is 0. The lowest BCUT2D eigenvalue weighted by molar-refractivity contribution is -0.123. The second kappa shape index (κ2) is 9.98. The van der Waals surface area contributed by atoms with E-state index in [-0.39, 0.29) is 41.9 Å². The molecule has 1 heterocycles. The van der Waals surface area contributed by atoms with Gasteiger partial charge in [0.25, 0.3) is 5.91 Å². The Morgan fingerprint density at radius 1 is 1.19 bits per heavy atom. The van der Waals surface area contributed by atoms with Gasteiger partial charge >= 0.3 is 6.09 Å². The van der Waals surface area contributed by atoms with Crippen LogP contribution in [0.15, 0.2) is 48.7 Å². The molecular weight excluding hydrogens is 453 g/mol. The normalized spacial score (nSPS) is 15.5. The number of nitrogens with zero attached hydrogens (tertiary/aromatic N) is 1. The van der Waals surface area contributed by atoms with E-state index in [9.17, 15) is 18.4 Å². The predicted molar refractivity (Wildman–Crippen MR) is 111 cm³/mol. The van der Waals surface area contributed by atoms with Crippen LogP contribution < -0.4 is 10.1 Å². The van der Waals surface area contributed by atoms with E-state index >= 15 is 0 Å². The maximum absolute atomic E-state index is 13.7. The van der Waals surface area contributed by atoms with Gasteiger partial charge in [0, 0.05) is 24.7 Å². The molecule has 10 heteroatoms. The fourth-order valence-corrected chi connectivity index (χ4v) is 3.09. The van der Waals surface area contributed by atoms with Gasteiger partial charge in [0.2, 0.25) is 0 Å². The number of benzene rings is 2. The van der Waals surface area contributed by atoms with Crippen molar-refractivity contribution in [1.82, 2.24) is 10.2 Å². The van der Waals surface area contributed by atoms with Crippen LogP contribution in [0.4, 0.5) is 13.6 Å². The van der Waals surface area contributed by atoms with Gasteiger partial charge in [-0.1, -0.05) is 35.8 Å². The smallest absolute Gasteiger partial charge is 0.414 e. The summed E-state index contributed by atoms with van der Waals surface area (Å²) in [6, 6.07) is 8.06. The number of rotatable bonds is 8. The van der Waals surface area contributed by atoms with E-state index in [2.05, 4.69) is 11.9 Å². The van der Waals surface area contributed by atoms with Crippen LogP contribution in [0.1, 0.15) is 18.1 Å². The van der Waals surface area contributed by atoms with Crippen molar-refractivity contribution in [3.8, 4) is 5.75 Å². The third-order valence-corrected chi connectivity index (χ3v) is 5.12. The van der Waals surface area contributed by atoms with E-state index < -0.39 is 29.7 Å². The average molecular weight is 471 g/mol. The summed E-state index contributed by atoms with van der Waals surface area (Å²) in [5.74, 6) is -1.50. The molecule has 3 rings (SSSR count). The quantitative estimate of drug-likeness (QED) is 0.597. The van der Waals surface area contributed by atoms with Gasteiger partial charge in [-0.25, -0.2) is 13.6 Å². The van der Waals surface area contributed by atoms with Crippen molar-refractivity contribution in [3.05, 3.63) is 75.9 Å². The molecule has 0 spiro atoms. The Bertz CT molecular complexity index is 1020. The number of cyclic esters (lactones) is 1. The lowest BCUT2D eigenvalue weighted by Crippen LogP contribution is -2.32. The van der Waals surface area contributed by atoms with Gasteiger partial charge in [0.05, 0.1) is 16.6 Å². The second-order valence-corrected chi connectivity index (χ2v) is 7.50. The molecule has 0 bridgehead atoms. The molecule has 0 saturated carbocycles. The molecule has 1 aliphatic heterocycles. The average Bonchev–Trinajstić information content (AvgIpc) is 3.12. The molecule has 1 aliphatic rings. The first-order valence-electron chi connectivity index (χ1n) is 9.20. The fraction of sp³-hybridized carbons (Fsp3) is 0.238. The molecule has 0 aromatic heterocycles. The summed E-state index contributed by atoms with van der Waals surface area (Å²) in [6.07, 6.45) is -0.985. The minimum Gasteiger partial charge on any atom is -0.484 e. The summed E-state index contributed by atoms with van der Waals surface area (Å²) in [5.41, 5.74) is 0.914. The maximum Gasteiger partial charge on any atom is 0.414 e. The first-order valence-corrected chi connectivity index (χ1v) is 9.95. The molecule has 31 heavy (non-hydrogen) atoms. The lowest BCUT2D eigenvalue weighted by atomic mass is 10.1. The Hall–Kier alpha value is -2.84. The van der Waals surface area contributed by atoms with E-state index in [1.165, 1.54) is 29.2 Å². The van der Waals surface area contributed by atoms with Crippen LogP contribution in [-0.4, -0.2) is 36.6 Å². The van der Waals surface area contributed by atoms with Crippen LogP contribution in [0.5, 0.6) is 5.75 Å². The number of carbonyl (C=O) groups is 2.